The minimum atomic E-state index is -3.15. The molecule has 0 N–H and O–H groups in total. The van der Waals surface area contributed by atoms with Crippen molar-refractivity contribution in [2.75, 3.05) is 6.26 Å². The molecule has 2 aromatic rings. The van der Waals surface area contributed by atoms with Crippen LogP contribution in [0.4, 0.5) is 0 Å². The van der Waals surface area contributed by atoms with Gasteiger partial charge in [-0.25, -0.2) is 13.1 Å². The third kappa shape index (κ3) is 2.25. The molecule has 4 nitrogen and oxygen atoms in total. The Balaban J connectivity index is 2.40. The summed E-state index contributed by atoms with van der Waals surface area (Å²) in [5, 5.41) is 4.55. The summed E-state index contributed by atoms with van der Waals surface area (Å²) in [5.74, 6) is 0. The fourth-order valence-corrected chi connectivity index (χ4v) is 2.05. The van der Waals surface area contributed by atoms with E-state index in [1.807, 2.05) is 0 Å². The Morgan fingerprint density at radius 3 is 2.31 bits per heavy atom. The first-order valence-electron chi connectivity index (χ1n) is 4.47. The molecular formula is C10H9ClN2O2S. The number of nitrogens with zero attached hydrogens (tertiary/aromatic N) is 2. The van der Waals surface area contributed by atoms with Gasteiger partial charge in [0.15, 0.2) is 9.84 Å². The quantitative estimate of drug-likeness (QED) is 0.825. The summed E-state index contributed by atoms with van der Waals surface area (Å²) < 4.78 is 24.1. The van der Waals surface area contributed by atoms with E-state index in [0.29, 0.717) is 5.02 Å². The Kier molecular flexibility index (Phi) is 2.73. The zero-order valence-corrected chi connectivity index (χ0v) is 10.0. The first-order chi connectivity index (χ1) is 7.47. The molecule has 0 saturated heterocycles. The normalized spacial score (nSPS) is 11.6. The molecule has 1 heterocycles. The van der Waals surface area contributed by atoms with Gasteiger partial charge in [-0.2, -0.15) is 5.10 Å². The Labute approximate surface area is 98.4 Å². The molecule has 1 aromatic heterocycles. The number of benzene rings is 1. The van der Waals surface area contributed by atoms with E-state index < -0.39 is 9.84 Å². The molecule has 0 aliphatic rings. The molecule has 84 valence electrons. The monoisotopic (exact) mass is 256 g/mol. The second-order valence-corrected chi connectivity index (χ2v) is 5.82. The van der Waals surface area contributed by atoms with E-state index in [-0.39, 0.29) is 4.90 Å². The second kappa shape index (κ2) is 3.92. The molecule has 0 bridgehead atoms. The van der Waals surface area contributed by atoms with Crippen molar-refractivity contribution in [3.63, 3.8) is 0 Å². The number of hydrogen-bond donors (Lipinski definition) is 0. The van der Waals surface area contributed by atoms with Crippen molar-refractivity contribution in [3.05, 3.63) is 41.7 Å². The van der Waals surface area contributed by atoms with Gasteiger partial charge in [-0.15, -0.1) is 0 Å². The highest BCUT2D eigenvalue weighted by Crippen LogP contribution is 2.15. The van der Waals surface area contributed by atoms with Crippen molar-refractivity contribution >= 4 is 21.4 Å². The molecule has 0 fully saturated rings. The summed E-state index contributed by atoms with van der Waals surface area (Å²) in [6.07, 6.45) is 4.34. The van der Waals surface area contributed by atoms with E-state index in [1.54, 1.807) is 35.1 Å². The van der Waals surface area contributed by atoms with E-state index >= 15 is 0 Å². The molecule has 0 saturated carbocycles. The molecule has 0 amide bonds. The summed E-state index contributed by atoms with van der Waals surface area (Å²) in [6, 6.07) is 6.44. The number of halogens is 1. The highest BCUT2D eigenvalue weighted by molar-refractivity contribution is 7.90. The van der Waals surface area contributed by atoms with Crippen LogP contribution >= 0.6 is 11.6 Å². The van der Waals surface area contributed by atoms with Gasteiger partial charge in [0.25, 0.3) is 0 Å². The zero-order chi connectivity index (χ0) is 11.8. The molecule has 16 heavy (non-hydrogen) atoms. The maximum absolute atomic E-state index is 11.2. The smallest absolute Gasteiger partial charge is 0.175 e. The Bertz CT molecular complexity index is 602. The van der Waals surface area contributed by atoms with Gasteiger partial charge in [0.2, 0.25) is 0 Å². The summed E-state index contributed by atoms with van der Waals surface area (Å²) >= 11 is 5.73. The van der Waals surface area contributed by atoms with Crippen LogP contribution in [0.15, 0.2) is 41.6 Å². The minimum Gasteiger partial charge on any atom is -0.239 e. The molecule has 1 aromatic carbocycles. The Hall–Kier alpha value is -1.33. The largest absolute Gasteiger partial charge is 0.239 e. The molecule has 6 heteroatoms. The number of aromatic nitrogens is 2. The van der Waals surface area contributed by atoms with Crippen LogP contribution in [0.5, 0.6) is 0 Å². The maximum atomic E-state index is 11.2. The zero-order valence-electron chi connectivity index (χ0n) is 8.46. The first kappa shape index (κ1) is 11.2. The molecule has 0 unspecified atom stereocenters. The molecule has 0 aliphatic carbocycles. The summed E-state index contributed by atoms with van der Waals surface area (Å²) in [6.45, 7) is 0. The van der Waals surface area contributed by atoms with Gasteiger partial charge in [-0.1, -0.05) is 11.6 Å². The van der Waals surface area contributed by atoms with Crippen LogP contribution in [0.3, 0.4) is 0 Å². The van der Waals surface area contributed by atoms with Crippen molar-refractivity contribution < 1.29 is 8.42 Å². The molecule has 0 radical (unpaired) electrons. The number of hydrogen-bond acceptors (Lipinski definition) is 3. The third-order valence-corrected chi connectivity index (χ3v) is 3.40. The second-order valence-electron chi connectivity index (χ2n) is 3.37. The lowest BCUT2D eigenvalue weighted by molar-refractivity contribution is 0.602. The van der Waals surface area contributed by atoms with Gasteiger partial charge < -0.3 is 0 Å². The fraction of sp³-hybridized carbons (Fsp3) is 0.100. The van der Waals surface area contributed by atoms with Crippen molar-refractivity contribution in [1.29, 1.82) is 0 Å². The minimum absolute atomic E-state index is 0.287. The van der Waals surface area contributed by atoms with Crippen LogP contribution in [-0.2, 0) is 9.84 Å². The van der Waals surface area contributed by atoms with Crippen LogP contribution in [0.25, 0.3) is 5.69 Å². The number of rotatable bonds is 2. The topological polar surface area (TPSA) is 52.0 Å². The van der Waals surface area contributed by atoms with Gasteiger partial charge in [-0.3, -0.25) is 0 Å². The summed E-state index contributed by atoms with van der Waals surface area (Å²) in [5.41, 5.74) is 0.763. The highest BCUT2D eigenvalue weighted by Gasteiger charge is 2.06. The first-order valence-corrected chi connectivity index (χ1v) is 6.74. The molecule has 0 aliphatic heterocycles. The Morgan fingerprint density at radius 2 is 1.88 bits per heavy atom. The lowest BCUT2D eigenvalue weighted by Gasteiger charge is -2.02. The van der Waals surface area contributed by atoms with Gasteiger partial charge in [0.05, 0.1) is 21.8 Å². The van der Waals surface area contributed by atoms with Crippen molar-refractivity contribution in [1.82, 2.24) is 9.78 Å². The standard InChI is InChI=1S/C10H9ClN2O2S/c1-16(14,15)10-4-2-9(3-5-10)13-7-8(11)6-12-13/h2-7H,1H3. The van der Waals surface area contributed by atoms with E-state index in [4.69, 9.17) is 11.6 Å². The van der Waals surface area contributed by atoms with Crippen LogP contribution in [0, 0.1) is 0 Å². The predicted octanol–water partition coefficient (Wildman–Crippen LogP) is 1.93. The van der Waals surface area contributed by atoms with Gasteiger partial charge in [0, 0.05) is 12.5 Å². The van der Waals surface area contributed by atoms with Crippen LogP contribution in [-0.4, -0.2) is 24.5 Å². The van der Waals surface area contributed by atoms with Gasteiger partial charge >= 0.3 is 0 Å². The maximum Gasteiger partial charge on any atom is 0.175 e. The third-order valence-electron chi connectivity index (χ3n) is 2.08. The van der Waals surface area contributed by atoms with Crippen molar-refractivity contribution in [2.24, 2.45) is 0 Å². The van der Waals surface area contributed by atoms with E-state index in [9.17, 15) is 8.42 Å². The summed E-state index contributed by atoms with van der Waals surface area (Å²) in [4.78, 5) is 0.287. The van der Waals surface area contributed by atoms with Crippen LogP contribution in [0.2, 0.25) is 5.02 Å². The van der Waals surface area contributed by atoms with E-state index in [2.05, 4.69) is 5.10 Å². The fourth-order valence-electron chi connectivity index (χ4n) is 1.29. The summed E-state index contributed by atoms with van der Waals surface area (Å²) in [7, 11) is -3.15. The number of sulfone groups is 1. The van der Waals surface area contributed by atoms with Crippen LogP contribution in [0.1, 0.15) is 0 Å². The van der Waals surface area contributed by atoms with Crippen molar-refractivity contribution in [3.8, 4) is 5.69 Å². The van der Waals surface area contributed by atoms with Gasteiger partial charge in [-0.05, 0) is 24.3 Å². The Morgan fingerprint density at radius 1 is 1.25 bits per heavy atom. The molecular weight excluding hydrogens is 248 g/mol. The van der Waals surface area contributed by atoms with E-state index in [0.717, 1.165) is 5.69 Å². The van der Waals surface area contributed by atoms with Crippen LogP contribution < -0.4 is 0 Å². The average molecular weight is 257 g/mol. The predicted molar refractivity (Wildman–Crippen MR) is 61.7 cm³/mol. The average Bonchev–Trinajstić information content (AvgIpc) is 2.64. The molecule has 0 spiro atoms. The lowest BCUT2D eigenvalue weighted by atomic mass is 10.3. The highest BCUT2D eigenvalue weighted by atomic mass is 35.5. The van der Waals surface area contributed by atoms with E-state index in [1.165, 1.54) is 12.5 Å². The lowest BCUT2D eigenvalue weighted by Crippen LogP contribution is -1.98. The van der Waals surface area contributed by atoms with Gasteiger partial charge in [0.1, 0.15) is 0 Å². The molecule has 2 rings (SSSR count). The van der Waals surface area contributed by atoms with Crippen molar-refractivity contribution in [2.45, 2.75) is 4.90 Å². The molecule has 0 atom stereocenters. The SMILES string of the molecule is CS(=O)(=O)c1ccc(-n2cc(Cl)cn2)cc1.